The fraction of sp³-hybridized carbons (Fsp3) is 0.967. The van der Waals surface area contributed by atoms with Crippen LogP contribution in [-0.2, 0) is 18.7 Å². The molecule has 5 aliphatic rings. The molecule has 35 heavy (non-hydrogen) atoms. The Morgan fingerprint density at radius 2 is 1.51 bits per heavy atom. The molecule has 1 heterocycles. The molecule has 0 spiro atoms. The van der Waals surface area contributed by atoms with Gasteiger partial charge in [-0.05, 0) is 74.9 Å². The van der Waals surface area contributed by atoms with Crippen LogP contribution in [0.1, 0.15) is 101 Å². The van der Waals surface area contributed by atoms with Crippen molar-refractivity contribution in [3.05, 3.63) is 0 Å². The summed E-state index contributed by atoms with van der Waals surface area (Å²) >= 11 is 0. The van der Waals surface area contributed by atoms with Crippen molar-refractivity contribution in [3.8, 4) is 0 Å². The Morgan fingerprint density at radius 3 is 2.14 bits per heavy atom. The van der Waals surface area contributed by atoms with Gasteiger partial charge in [0.1, 0.15) is 5.78 Å². The van der Waals surface area contributed by atoms with E-state index in [2.05, 4.69) is 75.4 Å². The van der Waals surface area contributed by atoms with Gasteiger partial charge < -0.3 is 13.9 Å². The average Bonchev–Trinajstić information content (AvgIpc) is 3.21. The summed E-state index contributed by atoms with van der Waals surface area (Å²) < 4.78 is 20.7. The van der Waals surface area contributed by atoms with Gasteiger partial charge in [-0.1, -0.05) is 61.3 Å². The van der Waals surface area contributed by atoms with Crippen LogP contribution >= 0.6 is 0 Å². The van der Waals surface area contributed by atoms with Gasteiger partial charge in [-0.15, -0.1) is 0 Å². The van der Waals surface area contributed by atoms with E-state index >= 15 is 0 Å². The number of carbonyl (C=O) groups is 1. The minimum atomic E-state index is -1.98. The summed E-state index contributed by atoms with van der Waals surface area (Å²) in [6.07, 6.45) is 7.19. The SMILES string of the molecule is CC1(C)O[C@@H]2C3C(C(=O)C(C)(C)[C@@]4(C)C3CC[C@@H]4O[Si](C)(C)C(C)(C)C)[C@@]3(C)CCCCC3[C@H]2O1. The molecule has 1 aliphatic heterocycles. The summed E-state index contributed by atoms with van der Waals surface area (Å²) in [5.41, 5.74) is -0.615. The van der Waals surface area contributed by atoms with E-state index in [-0.39, 0.29) is 46.0 Å². The molecule has 1 saturated heterocycles. The number of Topliss-reactive ketones (excluding diaryl/α,β-unsaturated/α-hetero) is 1. The van der Waals surface area contributed by atoms with Gasteiger partial charge in [-0.3, -0.25) is 4.79 Å². The van der Waals surface area contributed by atoms with Gasteiger partial charge in [0.2, 0.25) is 0 Å². The smallest absolute Gasteiger partial charge is 0.192 e. The fourth-order valence-corrected chi connectivity index (χ4v) is 10.7. The summed E-state index contributed by atoms with van der Waals surface area (Å²) in [6.45, 7) is 25.2. The van der Waals surface area contributed by atoms with Gasteiger partial charge in [-0.25, -0.2) is 0 Å². The van der Waals surface area contributed by atoms with Crippen LogP contribution in [0, 0.1) is 39.9 Å². The monoisotopic (exact) mass is 504 g/mol. The van der Waals surface area contributed by atoms with Crippen LogP contribution in [0.2, 0.25) is 18.1 Å². The first-order valence-electron chi connectivity index (χ1n) is 14.5. The highest BCUT2D eigenvalue weighted by atomic mass is 28.4. The summed E-state index contributed by atoms with van der Waals surface area (Å²) in [7, 11) is -1.98. The van der Waals surface area contributed by atoms with E-state index in [1.807, 2.05) is 0 Å². The number of ketones is 1. The molecule has 4 unspecified atom stereocenters. The molecular formula is C30H52O4Si. The van der Waals surface area contributed by atoms with Gasteiger partial charge in [0.15, 0.2) is 14.1 Å². The fourth-order valence-electron chi connectivity index (χ4n) is 9.30. The van der Waals surface area contributed by atoms with Crippen LogP contribution in [0.3, 0.4) is 0 Å². The van der Waals surface area contributed by atoms with Gasteiger partial charge in [0.05, 0.1) is 18.3 Å². The third-order valence-corrected chi connectivity index (χ3v) is 17.0. The minimum Gasteiger partial charge on any atom is -0.413 e. The predicted octanol–water partition coefficient (Wildman–Crippen LogP) is 7.36. The van der Waals surface area contributed by atoms with Crippen LogP contribution in [-0.4, -0.2) is 38.2 Å². The molecular weight excluding hydrogens is 452 g/mol. The Hall–Kier alpha value is -0.233. The topological polar surface area (TPSA) is 44.8 Å². The van der Waals surface area contributed by atoms with Crippen molar-refractivity contribution >= 4 is 14.1 Å². The zero-order chi connectivity index (χ0) is 26.0. The maximum absolute atomic E-state index is 14.8. The Bertz CT molecular complexity index is 887. The summed E-state index contributed by atoms with van der Waals surface area (Å²) in [5, 5.41) is 0.151. The predicted molar refractivity (Wildman–Crippen MR) is 143 cm³/mol. The molecule has 5 rings (SSSR count). The molecule has 200 valence electrons. The average molecular weight is 505 g/mol. The molecule has 0 aromatic carbocycles. The molecule has 0 aromatic rings. The van der Waals surface area contributed by atoms with E-state index in [1.54, 1.807) is 0 Å². The van der Waals surface area contributed by atoms with Crippen LogP contribution in [0.5, 0.6) is 0 Å². The Kier molecular flexibility index (Phi) is 5.78. The summed E-state index contributed by atoms with van der Waals surface area (Å²) in [5.74, 6) is 1.01. The molecule has 5 fully saturated rings. The molecule has 0 bridgehead atoms. The second-order valence-electron chi connectivity index (χ2n) is 15.8. The zero-order valence-corrected chi connectivity index (χ0v) is 25.4. The highest BCUT2D eigenvalue weighted by Crippen LogP contribution is 2.72. The molecule has 0 N–H and O–H groups in total. The number of hydrogen-bond acceptors (Lipinski definition) is 4. The minimum absolute atomic E-state index is 0.00191. The molecule has 0 radical (unpaired) electrons. The standard InChI is InChI=1S/C30H52O4Si/c1-26(2,3)35(10,11)34-20-16-15-18-21-22(25(31)27(4,5)30(18,20)9)29(8)17-13-12-14-19(29)23-24(21)33-28(6,7)32-23/h18-24H,12-17H2,1-11H3/t18?,19?,20-,21?,22?,23+,24+,29-,30-/m0/s1. The second kappa shape index (κ2) is 7.67. The van der Waals surface area contributed by atoms with Crippen LogP contribution in [0.25, 0.3) is 0 Å². The largest absolute Gasteiger partial charge is 0.413 e. The quantitative estimate of drug-likeness (QED) is 0.368. The first-order chi connectivity index (χ1) is 15.9. The second-order valence-corrected chi connectivity index (χ2v) is 20.6. The third kappa shape index (κ3) is 3.42. The van der Waals surface area contributed by atoms with Crippen molar-refractivity contribution in [2.75, 3.05) is 0 Å². The lowest BCUT2D eigenvalue weighted by Gasteiger charge is -2.66. The van der Waals surface area contributed by atoms with Crippen LogP contribution in [0.15, 0.2) is 0 Å². The third-order valence-electron chi connectivity index (χ3n) is 12.5. The number of hydrogen-bond donors (Lipinski definition) is 0. The van der Waals surface area contributed by atoms with Gasteiger partial charge in [0.25, 0.3) is 0 Å². The van der Waals surface area contributed by atoms with Crippen molar-refractivity contribution in [1.29, 1.82) is 0 Å². The molecule has 4 saturated carbocycles. The van der Waals surface area contributed by atoms with Gasteiger partial charge >= 0.3 is 0 Å². The lowest BCUT2D eigenvalue weighted by molar-refractivity contribution is -0.212. The molecule has 0 amide bonds. The molecule has 0 aromatic heterocycles. The number of fused-ring (bicyclic) bond motifs is 8. The first-order valence-corrected chi connectivity index (χ1v) is 17.4. The highest BCUT2D eigenvalue weighted by Gasteiger charge is 2.75. The number of carbonyl (C=O) groups excluding carboxylic acids is 1. The Balaban J connectivity index is 1.61. The van der Waals surface area contributed by atoms with E-state index in [0.29, 0.717) is 17.6 Å². The van der Waals surface area contributed by atoms with E-state index in [1.165, 1.54) is 12.8 Å². The maximum Gasteiger partial charge on any atom is 0.192 e. The van der Waals surface area contributed by atoms with Crippen molar-refractivity contribution in [1.82, 2.24) is 0 Å². The lowest BCUT2D eigenvalue weighted by Crippen LogP contribution is -2.70. The Morgan fingerprint density at radius 1 is 0.886 bits per heavy atom. The van der Waals surface area contributed by atoms with Crippen LogP contribution in [0.4, 0.5) is 0 Å². The van der Waals surface area contributed by atoms with Gasteiger partial charge in [0, 0.05) is 22.7 Å². The maximum atomic E-state index is 14.8. The number of ether oxygens (including phenoxy) is 2. The molecule has 4 nitrogen and oxygen atoms in total. The molecule has 9 atom stereocenters. The normalized spacial score (nSPS) is 48.7. The van der Waals surface area contributed by atoms with Gasteiger partial charge in [-0.2, -0.15) is 0 Å². The lowest BCUT2D eigenvalue weighted by atomic mass is 9.39. The van der Waals surface area contributed by atoms with Crippen LogP contribution < -0.4 is 0 Å². The van der Waals surface area contributed by atoms with Crippen molar-refractivity contribution in [2.24, 2.45) is 39.9 Å². The molecule has 5 heteroatoms. The summed E-state index contributed by atoms with van der Waals surface area (Å²) in [4.78, 5) is 14.8. The van der Waals surface area contributed by atoms with E-state index in [4.69, 9.17) is 13.9 Å². The number of rotatable bonds is 2. The van der Waals surface area contributed by atoms with E-state index < -0.39 is 19.5 Å². The highest BCUT2D eigenvalue weighted by molar-refractivity contribution is 6.74. The summed E-state index contributed by atoms with van der Waals surface area (Å²) in [6, 6.07) is 0. The van der Waals surface area contributed by atoms with Crippen molar-refractivity contribution in [3.63, 3.8) is 0 Å². The van der Waals surface area contributed by atoms with E-state index in [9.17, 15) is 4.79 Å². The molecule has 4 aliphatic carbocycles. The van der Waals surface area contributed by atoms with Crippen molar-refractivity contribution in [2.45, 2.75) is 143 Å². The Labute approximate surface area is 215 Å². The zero-order valence-electron chi connectivity index (χ0n) is 24.4. The van der Waals surface area contributed by atoms with Crippen molar-refractivity contribution < 1.29 is 18.7 Å². The van der Waals surface area contributed by atoms with E-state index in [0.717, 1.165) is 25.7 Å². The first kappa shape index (κ1) is 26.4.